The Morgan fingerprint density at radius 1 is 0.527 bits per heavy atom. The van der Waals surface area contributed by atoms with Gasteiger partial charge in [0.15, 0.2) is 0 Å². The first-order valence-electron chi connectivity index (χ1n) is 17.2. The Morgan fingerprint density at radius 2 is 1.04 bits per heavy atom. The first kappa shape index (κ1) is 36.5. The maximum atomic E-state index is 14.6. The standard InChI is InChI=1S/C20H18FN5O2.C20H18FN5O/c1-27-16-6-3-12(9-22-16)7-15-5-4-13(18(21)26-15)8-14-10-23-19-17(14)20(28-2)25-11-24-19;1-12-18-15(10-23-20(18)25-11-24-12)8-14-4-5-16(26-19(14)21)7-13-3-6-17(27-2)22-9-13/h3-6,9-11H,7-8H2,1-2H3,(H,23,24,25);3-6,9-11H,7-8H2,1-2H3,(H,23,24,25). The van der Waals surface area contributed by atoms with Crippen LogP contribution in [0.15, 0.2) is 86.0 Å². The van der Waals surface area contributed by atoms with Gasteiger partial charge in [0.05, 0.1) is 32.4 Å². The van der Waals surface area contributed by atoms with Crippen LogP contribution in [0.5, 0.6) is 17.6 Å². The quantitative estimate of drug-likeness (QED) is 0.140. The molecule has 55 heavy (non-hydrogen) atoms. The van der Waals surface area contributed by atoms with Gasteiger partial charge in [-0.15, -0.1) is 0 Å². The van der Waals surface area contributed by atoms with Crippen LogP contribution in [0.3, 0.4) is 0 Å². The highest BCUT2D eigenvalue weighted by atomic mass is 19.1. The average molecular weight is 743 g/mol. The maximum Gasteiger partial charge on any atom is 0.226 e. The second kappa shape index (κ2) is 16.4. The van der Waals surface area contributed by atoms with E-state index in [4.69, 9.17) is 14.2 Å². The number of methoxy groups -OCH3 is 3. The molecule has 278 valence electrons. The average Bonchev–Trinajstić information content (AvgIpc) is 3.82. The Kier molecular flexibility index (Phi) is 10.9. The molecule has 0 atom stereocenters. The van der Waals surface area contributed by atoms with Crippen LogP contribution in [0.1, 0.15) is 50.5 Å². The second-order valence-corrected chi connectivity index (χ2v) is 12.5. The molecular weight excluding hydrogens is 707 g/mol. The molecule has 15 heteroatoms. The predicted molar refractivity (Wildman–Crippen MR) is 200 cm³/mol. The summed E-state index contributed by atoms with van der Waals surface area (Å²) < 4.78 is 44.6. The number of hydrogen-bond acceptors (Lipinski definition) is 11. The van der Waals surface area contributed by atoms with Crippen molar-refractivity contribution in [3.8, 4) is 17.6 Å². The van der Waals surface area contributed by atoms with Gasteiger partial charge >= 0.3 is 0 Å². The normalized spacial score (nSPS) is 11.0. The van der Waals surface area contributed by atoms with Crippen molar-refractivity contribution in [3.63, 3.8) is 0 Å². The van der Waals surface area contributed by atoms with Crippen molar-refractivity contribution in [2.45, 2.75) is 32.6 Å². The second-order valence-electron chi connectivity index (χ2n) is 12.5. The van der Waals surface area contributed by atoms with Crippen molar-refractivity contribution >= 4 is 22.1 Å². The zero-order valence-electron chi connectivity index (χ0n) is 30.5. The summed E-state index contributed by atoms with van der Waals surface area (Å²) >= 11 is 0. The van der Waals surface area contributed by atoms with Crippen LogP contribution in [-0.4, -0.2) is 71.2 Å². The predicted octanol–water partition coefficient (Wildman–Crippen LogP) is 6.47. The van der Waals surface area contributed by atoms with Gasteiger partial charge in [-0.1, -0.05) is 24.3 Å². The number of nitrogens with one attached hydrogen (secondary N) is 2. The number of aromatic nitrogens is 10. The van der Waals surface area contributed by atoms with E-state index in [9.17, 15) is 8.78 Å². The third-order valence-electron chi connectivity index (χ3n) is 8.96. The van der Waals surface area contributed by atoms with Crippen molar-refractivity contribution in [1.82, 2.24) is 49.8 Å². The third kappa shape index (κ3) is 8.35. The number of nitrogens with zero attached hydrogens (tertiary/aromatic N) is 8. The molecular formula is C40H36F2N10O3. The lowest BCUT2D eigenvalue weighted by Gasteiger charge is -2.07. The van der Waals surface area contributed by atoms with Gasteiger partial charge in [-0.3, -0.25) is 0 Å². The van der Waals surface area contributed by atoms with E-state index >= 15 is 0 Å². The van der Waals surface area contributed by atoms with Gasteiger partial charge in [0.25, 0.3) is 0 Å². The SMILES string of the molecule is COc1ccc(Cc2ccc(Cc3c[nH]c4ncnc(C)c34)c(F)n2)cn1.COc1ccc(Cc2ccc(Cc3c[nH]c4ncnc(OC)c34)c(F)n2)cn1. The van der Waals surface area contributed by atoms with Crippen LogP contribution in [0.25, 0.3) is 22.1 Å². The van der Waals surface area contributed by atoms with Crippen molar-refractivity contribution in [2.75, 3.05) is 21.3 Å². The Morgan fingerprint density at radius 3 is 1.51 bits per heavy atom. The van der Waals surface area contributed by atoms with Crippen LogP contribution >= 0.6 is 0 Å². The summed E-state index contributed by atoms with van der Waals surface area (Å²) in [6.45, 7) is 1.92. The lowest BCUT2D eigenvalue weighted by atomic mass is 10.0. The van der Waals surface area contributed by atoms with Crippen LogP contribution in [0.4, 0.5) is 8.78 Å². The molecule has 0 spiro atoms. The Hall–Kier alpha value is -6.90. The number of aromatic amines is 2. The van der Waals surface area contributed by atoms with Crippen LogP contribution in [-0.2, 0) is 25.7 Å². The zero-order chi connectivity index (χ0) is 38.3. The highest BCUT2D eigenvalue weighted by Gasteiger charge is 2.16. The first-order valence-corrected chi connectivity index (χ1v) is 17.2. The Bertz CT molecular complexity index is 2560. The molecule has 0 fully saturated rings. The van der Waals surface area contributed by atoms with Gasteiger partial charge < -0.3 is 24.2 Å². The molecule has 0 amide bonds. The van der Waals surface area contributed by atoms with E-state index in [0.717, 1.165) is 44.4 Å². The molecule has 0 unspecified atom stereocenters. The van der Waals surface area contributed by atoms with Crippen molar-refractivity contribution in [1.29, 1.82) is 0 Å². The largest absolute Gasteiger partial charge is 0.481 e. The topological polar surface area (TPSA) is 162 Å². The van der Waals surface area contributed by atoms with Gasteiger partial charge in [0, 0.05) is 90.5 Å². The smallest absolute Gasteiger partial charge is 0.226 e. The first-order chi connectivity index (χ1) is 26.8. The number of pyridine rings is 4. The summed E-state index contributed by atoms with van der Waals surface area (Å²) in [6.07, 6.45) is 11.8. The minimum Gasteiger partial charge on any atom is -0.481 e. The fraction of sp³-hybridized carbons (Fsp3) is 0.200. The molecule has 8 heterocycles. The molecule has 0 aliphatic rings. The Labute approximate surface area is 314 Å². The lowest BCUT2D eigenvalue weighted by molar-refractivity contribution is 0.397. The number of fused-ring (bicyclic) bond motifs is 2. The Balaban J connectivity index is 0.000000169. The minimum atomic E-state index is -0.496. The number of rotatable bonds is 11. The highest BCUT2D eigenvalue weighted by molar-refractivity contribution is 5.85. The van der Waals surface area contributed by atoms with E-state index in [0.29, 0.717) is 71.5 Å². The fourth-order valence-electron chi connectivity index (χ4n) is 6.19. The molecule has 0 aliphatic carbocycles. The molecule has 0 saturated heterocycles. The molecule has 0 saturated carbocycles. The molecule has 0 radical (unpaired) electrons. The van der Waals surface area contributed by atoms with E-state index in [2.05, 4.69) is 49.8 Å². The summed E-state index contributed by atoms with van der Waals surface area (Å²) in [5.41, 5.74) is 8.27. The highest BCUT2D eigenvalue weighted by Crippen LogP contribution is 2.28. The molecule has 13 nitrogen and oxygen atoms in total. The van der Waals surface area contributed by atoms with Gasteiger partial charge in [0.1, 0.15) is 23.9 Å². The van der Waals surface area contributed by atoms with E-state index in [-0.39, 0.29) is 0 Å². The van der Waals surface area contributed by atoms with Crippen LogP contribution in [0.2, 0.25) is 0 Å². The molecule has 0 aliphatic heterocycles. The molecule has 2 N–H and O–H groups in total. The number of hydrogen-bond donors (Lipinski definition) is 2. The van der Waals surface area contributed by atoms with E-state index < -0.39 is 11.9 Å². The lowest BCUT2D eigenvalue weighted by Crippen LogP contribution is -2.01. The number of H-pyrrole nitrogens is 2. The van der Waals surface area contributed by atoms with E-state index in [1.54, 1.807) is 64.2 Å². The number of aryl methyl sites for hydroxylation is 1. The summed E-state index contributed by atoms with van der Waals surface area (Å²) in [5, 5.41) is 1.68. The van der Waals surface area contributed by atoms with Gasteiger partial charge in [-0.2, -0.15) is 8.78 Å². The van der Waals surface area contributed by atoms with Crippen molar-refractivity contribution in [3.05, 3.63) is 148 Å². The molecule has 0 aromatic carbocycles. The summed E-state index contributed by atoms with van der Waals surface area (Å²) in [6, 6.07) is 14.5. The third-order valence-corrected chi connectivity index (χ3v) is 8.96. The van der Waals surface area contributed by atoms with Gasteiger partial charge in [-0.05, 0) is 41.3 Å². The number of halogens is 2. The summed E-state index contributed by atoms with van der Waals surface area (Å²) in [7, 11) is 4.68. The maximum absolute atomic E-state index is 14.6. The van der Waals surface area contributed by atoms with Crippen LogP contribution in [0, 0.1) is 18.8 Å². The van der Waals surface area contributed by atoms with Gasteiger partial charge in [0.2, 0.25) is 29.5 Å². The van der Waals surface area contributed by atoms with E-state index in [1.165, 1.54) is 12.7 Å². The molecule has 0 bridgehead atoms. The van der Waals surface area contributed by atoms with E-state index in [1.807, 2.05) is 37.4 Å². The van der Waals surface area contributed by atoms with Crippen molar-refractivity contribution in [2.24, 2.45) is 0 Å². The monoisotopic (exact) mass is 742 g/mol. The van der Waals surface area contributed by atoms with Crippen molar-refractivity contribution < 1.29 is 23.0 Å². The molecule has 8 aromatic heterocycles. The fourth-order valence-corrected chi connectivity index (χ4v) is 6.19. The van der Waals surface area contributed by atoms with Crippen LogP contribution < -0.4 is 14.2 Å². The summed E-state index contributed by atoms with van der Waals surface area (Å²) in [5.74, 6) is 0.586. The summed E-state index contributed by atoms with van der Waals surface area (Å²) in [4.78, 5) is 39.5. The zero-order valence-corrected chi connectivity index (χ0v) is 30.5. The molecule has 8 rings (SSSR count). The number of ether oxygens (including phenoxy) is 3. The molecule has 8 aromatic rings. The minimum absolute atomic E-state index is 0.354. The van der Waals surface area contributed by atoms with Gasteiger partial charge in [-0.25, -0.2) is 39.9 Å².